The fraction of sp³-hybridized carbons (Fsp3) is 0.364. The number of carbonyl (C=O) groups is 10. The van der Waals surface area contributed by atoms with Crippen LogP contribution < -0.4 is 53.6 Å². The van der Waals surface area contributed by atoms with E-state index < -0.39 is 115 Å². The Balaban J connectivity index is 1.23. The van der Waals surface area contributed by atoms with Crippen molar-refractivity contribution >= 4 is 59.1 Å². The lowest BCUT2D eigenvalue weighted by atomic mass is 10.0. The summed E-state index contributed by atoms with van der Waals surface area (Å²) in [7, 11) is 0. The van der Waals surface area contributed by atoms with Gasteiger partial charge in [-0.05, 0) is 0 Å². The van der Waals surface area contributed by atoms with E-state index in [9.17, 15) is 47.9 Å². The van der Waals surface area contributed by atoms with Gasteiger partial charge in [0.15, 0.2) is 0 Å². The first-order valence-electron chi connectivity index (χ1n) is 23.5. The Bertz CT molecular complexity index is 2860. The second-order valence-corrected chi connectivity index (χ2v) is 16.9. The average Bonchev–Trinajstić information content (AvgIpc) is 4.27. The zero-order valence-electron chi connectivity index (χ0n) is 40.8. The van der Waals surface area contributed by atoms with Crippen molar-refractivity contribution in [2.24, 2.45) is 5.73 Å². The SMILES string of the molecule is NCC(=O)NCC(=O)N[C@@H](Cc1c[nH]cn1)C(=O)N[C@@H](Cc1c[nH]cn1)C(=O)N[C@@H](Cc1c[nH]cn1)C(=O)N[C@@H](Cc1c[nH]cn1)C(=O)N[C@@H](Cc1c[nH]cn1)C(=O)N[C@@H](Cc1c[nH]cn1)C(=O)NCC(=O)NCC(=O)O. The topological polar surface area (TPSA) is 497 Å². The molecule has 0 saturated heterocycles. The summed E-state index contributed by atoms with van der Waals surface area (Å²) in [4.78, 5) is 175. The van der Waals surface area contributed by atoms with Crippen LogP contribution in [0.3, 0.4) is 0 Å². The van der Waals surface area contributed by atoms with Gasteiger partial charge in [-0.2, -0.15) is 0 Å². The standard InChI is InChI=1S/C44H56N22O11/c45-7-35(67)52-15-37(69)61-30(2-24-9-47-18-56-24)40(73)63-32(4-26-11-49-20-58-26)42(75)65-34(6-28-13-51-22-60-28)44(77)66-33(5-27-12-50-21-59-27)43(76)64-31(3-25-10-48-19-57-25)41(74)62-29(1-23-8-46-17-55-23)39(72)54-14-36(68)53-16-38(70)71/h8-13,17-22,29-34H,1-7,14-16,45H2,(H,46,55)(H,47,56)(H,48,57)(H,49,58)(H,50,59)(H,51,60)(H,52,67)(H,53,68)(H,54,72)(H,61,69)(H,62,74)(H,63,73)(H,64,76)(H,65,75)(H,66,77)(H,70,71)/t29-,30-,31-,32-,33-,34-/m0/s1. The zero-order chi connectivity index (χ0) is 55.1. The molecule has 0 aliphatic rings. The van der Waals surface area contributed by atoms with Crippen LogP contribution in [-0.4, -0.2) is 186 Å². The third-order valence-corrected chi connectivity index (χ3v) is 11.1. The van der Waals surface area contributed by atoms with E-state index in [1.165, 1.54) is 75.1 Å². The summed E-state index contributed by atoms with van der Waals surface area (Å²) >= 11 is 0. The smallest absolute Gasteiger partial charge is 0.322 e. The molecule has 6 aromatic rings. The molecule has 0 aliphatic carbocycles. The van der Waals surface area contributed by atoms with Gasteiger partial charge in [0, 0.05) is 75.7 Å². The number of carbonyl (C=O) groups excluding carboxylic acids is 9. The molecule has 6 heterocycles. The highest BCUT2D eigenvalue weighted by atomic mass is 16.4. The first-order chi connectivity index (χ1) is 37.1. The Labute approximate surface area is 434 Å². The minimum atomic E-state index is -1.52. The van der Waals surface area contributed by atoms with E-state index in [-0.39, 0.29) is 50.8 Å². The number of imidazole rings is 6. The van der Waals surface area contributed by atoms with Crippen LogP contribution in [0.1, 0.15) is 34.2 Å². The quantitative estimate of drug-likeness (QED) is 0.0192. The molecule has 408 valence electrons. The van der Waals surface area contributed by atoms with E-state index in [2.05, 4.69) is 108 Å². The normalized spacial score (nSPS) is 13.3. The van der Waals surface area contributed by atoms with Crippen LogP contribution in [0.2, 0.25) is 0 Å². The van der Waals surface area contributed by atoms with Crippen molar-refractivity contribution in [1.29, 1.82) is 0 Å². The summed E-state index contributed by atoms with van der Waals surface area (Å²) in [5.74, 6) is -8.91. The summed E-state index contributed by atoms with van der Waals surface area (Å²) in [6.45, 7) is -2.26. The summed E-state index contributed by atoms with van der Waals surface area (Å²) < 4.78 is 0. The van der Waals surface area contributed by atoms with Crippen LogP contribution in [0.5, 0.6) is 0 Å². The molecule has 6 atom stereocenters. The molecule has 0 aromatic carbocycles. The number of nitrogens with zero attached hydrogens (tertiary/aromatic N) is 6. The molecule has 0 bridgehead atoms. The highest BCUT2D eigenvalue weighted by Crippen LogP contribution is 2.10. The molecule has 0 unspecified atom stereocenters. The number of rotatable bonds is 31. The summed E-state index contributed by atoms with van der Waals surface area (Å²) in [6, 6.07) is -8.74. The van der Waals surface area contributed by atoms with E-state index in [0.29, 0.717) is 28.5 Å². The van der Waals surface area contributed by atoms with Gasteiger partial charge in [-0.1, -0.05) is 0 Å². The number of hydrogen-bond acceptors (Lipinski definition) is 17. The van der Waals surface area contributed by atoms with Gasteiger partial charge >= 0.3 is 5.97 Å². The van der Waals surface area contributed by atoms with E-state index in [0.717, 1.165) is 0 Å². The number of nitrogens with two attached hydrogens (primary N) is 1. The zero-order valence-corrected chi connectivity index (χ0v) is 40.8. The lowest BCUT2D eigenvalue weighted by Gasteiger charge is -2.27. The Kier molecular flexibility index (Phi) is 20.7. The van der Waals surface area contributed by atoms with Gasteiger partial charge in [0.2, 0.25) is 53.2 Å². The number of nitrogens with one attached hydrogen (secondary N) is 15. The average molecular weight is 1070 g/mol. The molecule has 0 fully saturated rings. The van der Waals surface area contributed by atoms with Crippen molar-refractivity contribution in [2.45, 2.75) is 74.8 Å². The minimum absolute atomic E-state index is 0.158. The van der Waals surface area contributed by atoms with Gasteiger partial charge < -0.3 is 88.6 Å². The van der Waals surface area contributed by atoms with Gasteiger partial charge in [-0.3, -0.25) is 47.9 Å². The molecular weight excluding hydrogens is 1010 g/mol. The molecule has 6 aromatic heterocycles. The fourth-order valence-electron chi connectivity index (χ4n) is 7.31. The highest BCUT2D eigenvalue weighted by molar-refractivity contribution is 5.98. The summed E-state index contributed by atoms with van der Waals surface area (Å²) in [5, 5.41) is 31.4. The van der Waals surface area contributed by atoms with E-state index in [4.69, 9.17) is 10.8 Å². The van der Waals surface area contributed by atoms with Crippen LogP contribution >= 0.6 is 0 Å². The number of amides is 9. The molecule has 9 amide bonds. The third kappa shape index (κ3) is 18.4. The van der Waals surface area contributed by atoms with Gasteiger partial charge in [-0.15, -0.1) is 0 Å². The Morgan fingerprint density at radius 1 is 0.364 bits per heavy atom. The van der Waals surface area contributed by atoms with Gasteiger partial charge in [-0.25, -0.2) is 29.9 Å². The summed E-state index contributed by atoms with van der Waals surface area (Å²) in [6.07, 6.45) is 15.5. The molecule has 0 radical (unpaired) electrons. The maximum Gasteiger partial charge on any atom is 0.322 e. The van der Waals surface area contributed by atoms with Crippen molar-refractivity contribution in [2.75, 3.05) is 26.2 Å². The predicted molar refractivity (Wildman–Crippen MR) is 261 cm³/mol. The second kappa shape index (κ2) is 28.4. The number of aliphatic carboxylic acids is 1. The fourth-order valence-corrected chi connectivity index (χ4v) is 7.31. The number of H-pyrrole nitrogens is 6. The van der Waals surface area contributed by atoms with Crippen LogP contribution in [0.4, 0.5) is 0 Å². The van der Waals surface area contributed by atoms with Gasteiger partial charge in [0.25, 0.3) is 0 Å². The summed E-state index contributed by atoms with van der Waals surface area (Å²) in [5.41, 5.74) is 7.21. The molecule has 6 rings (SSSR count). The largest absolute Gasteiger partial charge is 0.480 e. The van der Waals surface area contributed by atoms with Crippen molar-refractivity contribution < 1.29 is 53.1 Å². The lowest BCUT2D eigenvalue weighted by molar-refractivity contribution is -0.138. The number of aromatic nitrogens is 12. The van der Waals surface area contributed by atoms with Crippen LogP contribution in [-0.2, 0) is 86.5 Å². The van der Waals surface area contributed by atoms with E-state index >= 15 is 0 Å². The van der Waals surface area contributed by atoms with E-state index in [1.54, 1.807) is 0 Å². The van der Waals surface area contributed by atoms with Gasteiger partial charge in [0.05, 0.1) is 91.8 Å². The van der Waals surface area contributed by atoms with Crippen molar-refractivity contribution in [1.82, 2.24) is 108 Å². The molecule has 0 aliphatic heterocycles. The third-order valence-electron chi connectivity index (χ3n) is 11.1. The number of carboxylic acid groups (broad SMARTS) is 1. The van der Waals surface area contributed by atoms with Crippen LogP contribution in [0.15, 0.2) is 75.1 Å². The van der Waals surface area contributed by atoms with Crippen molar-refractivity contribution in [3.63, 3.8) is 0 Å². The van der Waals surface area contributed by atoms with Gasteiger partial charge in [0.1, 0.15) is 42.8 Å². The highest BCUT2D eigenvalue weighted by Gasteiger charge is 2.35. The Hall–Kier alpha value is -10.1. The Morgan fingerprint density at radius 2 is 0.623 bits per heavy atom. The second-order valence-electron chi connectivity index (χ2n) is 16.9. The van der Waals surface area contributed by atoms with Crippen LogP contribution in [0.25, 0.3) is 0 Å². The maximum atomic E-state index is 14.6. The first-order valence-corrected chi connectivity index (χ1v) is 23.5. The molecule has 33 heteroatoms. The predicted octanol–water partition coefficient (Wildman–Crippen LogP) is -6.92. The van der Waals surface area contributed by atoms with Crippen LogP contribution in [0, 0.1) is 0 Å². The number of aromatic amines is 6. The first kappa shape index (κ1) is 56.2. The maximum absolute atomic E-state index is 14.6. The monoisotopic (exact) mass is 1070 g/mol. The minimum Gasteiger partial charge on any atom is -0.480 e. The number of hydrogen-bond donors (Lipinski definition) is 17. The lowest BCUT2D eigenvalue weighted by Crippen LogP contribution is -2.61. The Morgan fingerprint density at radius 3 is 0.883 bits per heavy atom. The van der Waals surface area contributed by atoms with Crippen molar-refractivity contribution in [3.8, 4) is 0 Å². The molecule has 33 nitrogen and oxygen atoms in total. The number of carboxylic acids is 1. The molecule has 0 saturated carbocycles. The molecule has 18 N–H and O–H groups in total. The van der Waals surface area contributed by atoms with Crippen molar-refractivity contribution in [3.05, 3.63) is 109 Å². The molecular formula is C44H56N22O11. The van der Waals surface area contributed by atoms with E-state index in [1.807, 2.05) is 0 Å². The molecule has 0 spiro atoms. The molecule has 77 heavy (non-hydrogen) atoms.